The Balaban J connectivity index is 0.000000261. The Hall–Kier alpha value is -2.89. The highest BCUT2D eigenvalue weighted by atomic mass is 32.2. The molecule has 3 rings (SSSR count). The second-order valence-electron chi connectivity index (χ2n) is 7.72. The number of esters is 1. The van der Waals surface area contributed by atoms with Gasteiger partial charge in [-0.2, -0.15) is 17.6 Å². The van der Waals surface area contributed by atoms with Crippen molar-refractivity contribution in [1.29, 1.82) is 0 Å². The first-order chi connectivity index (χ1) is 17.4. The van der Waals surface area contributed by atoms with Crippen LogP contribution in [0.4, 0.5) is 17.6 Å². The number of hydrogen-bond acceptors (Lipinski definition) is 5. The van der Waals surface area contributed by atoms with Gasteiger partial charge in [-0.25, -0.2) is 8.42 Å². The molecular formula is C26H26F4O5S2. The highest BCUT2D eigenvalue weighted by Gasteiger charge is 2.60. The molecule has 0 saturated heterocycles. The average molecular weight is 559 g/mol. The summed E-state index contributed by atoms with van der Waals surface area (Å²) in [5, 5.41) is -5.65. The van der Waals surface area contributed by atoms with Crippen LogP contribution in [0.2, 0.25) is 0 Å². The Kier molecular flexibility index (Phi) is 11.1. The van der Waals surface area contributed by atoms with E-state index in [0.717, 1.165) is 6.92 Å². The summed E-state index contributed by atoms with van der Waals surface area (Å²) in [5.41, 5.74) is 0. The first-order valence-electron chi connectivity index (χ1n) is 11.1. The van der Waals surface area contributed by atoms with Crippen molar-refractivity contribution in [2.75, 3.05) is 6.61 Å². The third-order valence-corrected chi connectivity index (χ3v) is 8.02. The van der Waals surface area contributed by atoms with E-state index in [1.165, 1.54) is 14.7 Å². The van der Waals surface area contributed by atoms with Gasteiger partial charge in [-0.3, -0.25) is 4.79 Å². The molecule has 0 unspecified atom stereocenters. The van der Waals surface area contributed by atoms with Crippen LogP contribution < -0.4 is 0 Å². The van der Waals surface area contributed by atoms with Crippen molar-refractivity contribution in [2.45, 2.75) is 52.0 Å². The van der Waals surface area contributed by atoms with Crippen LogP contribution in [-0.4, -0.2) is 36.7 Å². The van der Waals surface area contributed by atoms with Gasteiger partial charge in [0.1, 0.15) is 0 Å². The van der Waals surface area contributed by atoms with Gasteiger partial charge in [0.25, 0.3) is 0 Å². The first kappa shape index (κ1) is 30.3. The van der Waals surface area contributed by atoms with Gasteiger partial charge in [0.2, 0.25) is 0 Å². The van der Waals surface area contributed by atoms with Gasteiger partial charge in [-0.05, 0) is 49.2 Å². The fraction of sp³-hybridized carbons (Fsp3) is 0.269. The predicted octanol–water partition coefficient (Wildman–Crippen LogP) is 6.28. The molecule has 0 N–H and O–H groups in total. The minimum Gasteiger partial charge on any atom is -0.743 e. The van der Waals surface area contributed by atoms with Crippen molar-refractivity contribution < 1.29 is 40.1 Å². The quantitative estimate of drug-likeness (QED) is 0.0962. The van der Waals surface area contributed by atoms with Gasteiger partial charge in [0.05, 0.1) is 17.5 Å². The molecule has 0 heterocycles. The lowest BCUT2D eigenvalue weighted by atomic mass is 10.1. The molecule has 0 fully saturated rings. The number of carbonyl (C=O) groups is 1. The van der Waals surface area contributed by atoms with Crippen molar-refractivity contribution in [3.8, 4) is 0 Å². The number of halogens is 4. The average Bonchev–Trinajstić information content (AvgIpc) is 2.85. The van der Waals surface area contributed by atoms with E-state index >= 15 is 0 Å². The molecule has 0 aliphatic heterocycles. The van der Waals surface area contributed by atoms with E-state index < -0.39 is 40.1 Å². The summed E-state index contributed by atoms with van der Waals surface area (Å²) in [6, 6.07) is 32.2. The van der Waals surface area contributed by atoms with Gasteiger partial charge < -0.3 is 9.29 Å². The lowest BCUT2D eigenvalue weighted by molar-refractivity contribution is -0.165. The van der Waals surface area contributed by atoms with E-state index in [9.17, 15) is 35.3 Å². The second-order valence-corrected chi connectivity index (χ2v) is 11.2. The normalized spacial score (nSPS) is 12.0. The van der Waals surface area contributed by atoms with Gasteiger partial charge in [0.15, 0.2) is 24.8 Å². The topological polar surface area (TPSA) is 83.5 Å². The van der Waals surface area contributed by atoms with E-state index in [-0.39, 0.29) is 23.9 Å². The summed E-state index contributed by atoms with van der Waals surface area (Å²) in [5.74, 6) is -5.61. The van der Waals surface area contributed by atoms with Crippen LogP contribution >= 0.6 is 0 Å². The Morgan fingerprint density at radius 1 is 0.784 bits per heavy atom. The minimum atomic E-state index is -6.43. The highest BCUT2D eigenvalue weighted by Crippen LogP contribution is 2.41. The molecule has 0 bridgehead atoms. The van der Waals surface area contributed by atoms with Crippen LogP contribution in [0.15, 0.2) is 106 Å². The number of benzene rings is 3. The van der Waals surface area contributed by atoms with Gasteiger partial charge >= 0.3 is 17.1 Å². The second kappa shape index (κ2) is 13.6. The lowest BCUT2D eigenvalue weighted by Gasteiger charge is -2.28. The highest BCUT2D eigenvalue weighted by molar-refractivity contribution is 7.97. The monoisotopic (exact) mass is 558 g/mol. The van der Waals surface area contributed by atoms with Crippen molar-refractivity contribution in [3.05, 3.63) is 91.0 Å². The number of alkyl halides is 4. The molecule has 0 radical (unpaired) electrons. The molecule has 0 aromatic heterocycles. The summed E-state index contributed by atoms with van der Waals surface area (Å²) in [7, 11) is -6.45. The standard InChI is InChI=1S/C18H15S.C8H12F4O5S/c1-4-10-16(11-5-1)19(17-12-6-2-7-13-17)18-14-8-3-9-15-18;1-6(13)17-5-3-2-4-7(9,10)8(11,12)18(14,15)16/h1-15H;2-5H2,1H3,(H,14,15,16)/q+1;/p-1. The van der Waals surface area contributed by atoms with Crippen LogP contribution in [0.5, 0.6) is 0 Å². The Labute approximate surface area is 216 Å². The van der Waals surface area contributed by atoms with E-state index in [4.69, 9.17) is 0 Å². The largest absolute Gasteiger partial charge is 0.743 e. The van der Waals surface area contributed by atoms with E-state index in [1.54, 1.807) is 0 Å². The first-order valence-corrected chi connectivity index (χ1v) is 13.7. The molecule has 0 aliphatic rings. The van der Waals surface area contributed by atoms with Crippen LogP contribution in [0.25, 0.3) is 0 Å². The van der Waals surface area contributed by atoms with E-state index in [2.05, 4.69) is 95.7 Å². The molecule has 0 saturated carbocycles. The zero-order valence-corrected chi connectivity index (χ0v) is 21.5. The van der Waals surface area contributed by atoms with Crippen LogP contribution in [0.3, 0.4) is 0 Å². The molecule has 200 valence electrons. The Bertz CT molecular complexity index is 1120. The number of hydrogen-bond donors (Lipinski definition) is 0. The number of carbonyl (C=O) groups excluding carboxylic acids is 1. The molecular weight excluding hydrogens is 532 g/mol. The predicted molar refractivity (Wildman–Crippen MR) is 132 cm³/mol. The Morgan fingerprint density at radius 2 is 1.16 bits per heavy atom. The summed E-state index contributed by atoms with van der Waals surface area (Å²) < 4.78 is 85.3. The van der Waals surface area contributed by atoms with Crippen LogP contribution in [-0.2, 0) is 30.5 Å². The van der Waals surface area contributed by atoms with E-state index in [1.807, 2.05) is 0 Å². The number of unbranched alkanes of at least 4 members (excludes halogenated alkanes) is 1. The molecule has 5 nitrogen and oxygen atoms in total. The number of rotatable bonds is 10. The molecule has 0 spiro atoms. The fourth-order valence-electron chi connectivity index (χ4n) is 3.07. The van der Waals surface area contributed by atoms with E-state index in [0.29, 0.717) is 0 Å². The van der Waals surface area contributed by atoms with Crippen molar-refractivity contribution in [2.24, 2.45) is 0 Å². The van der Waals surface area contributed by atoms with Crippen molar-refractivity contribution in [1.82, 2.24) is 0 Å². The van der Waals surface area contributed by atoms with Crippen molar-refractivity contribution in [3.63, 3.8) is 0 Å². The smallest absolute Gasteiger partial charge is 0.396 e. The molecule has 37 heavy (non-hydrogen) atoms. The lowest BCUT2D eigenvalue weighted by Crippen LogP contribution is -2.46. The zero-order valence-electron chi connectivity index (χ0n) is 19.9. The third kappa shape index (κ3) is 8.87. The minimum absolute atomic E-state index is 0.0146. The third-order valence-electron chi connectivity index (χ3n) is 4.87. The van der Waals surface area contributed by atoms with Crippen LogP contribution in [0.1, 0.15) is 26.2 Å². The van der Waals surface area contributed by atoms with Crippen LogP contribution in [0, 0.1) is 0 Å². The maximum atomic E-state index is 12.8. The molecule has 3 aromatic rings. The zero-order chi connectivity index (χ0) is 27.5. The molecule has 3 aromatic carbocycles. The SMILES string of the molecule is CC(=O)OCCCCC(F)(F)C(F)(F)S(=O)(=O)[O-].c1ccc([S+](c2ccccc2)c2ccccc2)cc1. The van der Waals surface area contributed by atoms with Gasteiger partial charge in [-0.1, -0.05) is 54.6 Å². The van der Waals surface area contributed by atoms with Crippen molar-refractivity contribution >= 4 is 27.0 Å². The molecule has 0 aliphatic carbocycles. The summed E-state index contributed by atoms with van der Waals surface area (Å²) in [6.07, 6.45) is -2.17. The molecule has 0 atom stereocenters. The fourth-order valence-corrected chi connectivity index (χ4v) is 5.64. The molecule has 0 amide bonds. The maximum Gasteiger partial charge on any atom is 0.396 e. The maximum absolute atomic E-state index is 12.8. The summed E-state index contributed by atoms with van der Waals surface area (Å²) >= 11 is 0. The number of ether oxygens (including phenoxy) is 1. The Morgan fingerprint density at radius 3 is 1.49 bits per heavy atom. The summed E-state index contributed by atoms with van der Waals surface area (Å²) in [6.45, 7) is 0.827. The summed E-state index contributed by atoms with van der Waals surface area (Å²) in [4.78, 5) is 14.4. The molecule has 11 heteroatoms. The van der Waals surface area contributed by atoms with Gasteiger partial charge in [0, 0.05) is 13.3 Å². The van der Waals surface area contributed by atoms with Gasteiger partial charge in [-0.15, -0.1) is 0 Å².